The molecule has 7 rings (SSSR count). The lowest BCUT2D eigenvalue weighted by atomic mass is 9.84. The molecule has 1 aliphatic heterocycles. The Bertz CT molecular complexity index is 2170. The van der Waals surface area contributed by atoms with Gasteiger partial charge in [0.05, 0.1) is 18.8 Å². The fourth-order valence-electron chi connectivity index (χ4n) is 8.53. The highest BCUT2D eigenvalue weighted by Crippen LogP contribution is 2.48. The van der Waals surface area contributed by atoms with E-state index in [0.29, 0.717) is 17.4 Å². The lowest BCUT2D eigenvalue weighted by Crippen LogP contribution is -2.38. The van der Waals surface area contributed by atoms with E-state index in [4.69, 9.17) is 18.9 Å². The van der Waals surface area contributed by atoms with E-state index in [0.717, 1.165) is 63.4 Å². The molecular formula is C55H64N2O5S. The number of thioether (sulfide) groups is 1. The summed E-state index contributed by atoms with van der Waals surface area (Å²) in [6.07, 6.45) is 15.6. The Morgan fingerprint density at radius 2 is 1.22 bits per heavy atom. The van der Waals surface area contributed by atoms with Crippen LogP contribution in [0, 0.1) is 0 Å². The van der Waals surface area contributed by atoms with E-state index in [-0.39, 0.29) is 30.6 Å². The molecule has 8 heteroatoms. The molecule has 63 heavy (non-hydrogen) atoms. The van der Waals surface area contributed by atoms with E-state index in [1.807, 2.05) is 115 Å². The molecule has 1 unspecified atom stereocenters. The number of unbranched alkanes of at least 4 members (excludes halogenated alkanes) is 12. The summed E-state index contributed by atoms with van der Waals surface area (Å²) >= 11 is 1.53. The average Bonchev–Trinajstić information content (AvgIpc) is 3.77. The molecule has 0 radical (unpaired) electrons. The second-order valence-corrected chi connectivity index (χ2v) is 17.7. The molecule has 330 valence electrons. The van der Waals surface area contributed by atoms with E-state index in [2.05, 4.69) is 36.5 Å². The minimum absolute atomic E-state index is 0.0247. The van der Waals surface area contributed by atoms with Crippen molar-refractivity contribution in [2.75, 3.05) is 11.1 Å². The Morgan fingerprint density at radius 1 is 0.635 bits per heavy atom. The fraction of sp³-hybridized carbons (Fsp3) is 0.382. The molecule has 2 heterocycles. The summed E-state index contributed by atoms with van der Waals surface area (Å²) in [4.78, 5) is 18.2. The Balaban J connectivity index is 1.04. The number of aromatic nitrogens is 1. The molecule has 6 aromatic rings. The third-order valence-electron chi connectivity index (χ3n) is 12.0. The summed E-state index contributed by atoms with van der Waals surface area (Å²) in [5.74, 6) is 1.10. The van der Waals surface area contributed by atoms with Crippen LogP contribution in [0.1, 0.15) is 137 Å². The van der Waals surface area contributed by atoms with Gasteiger partial charge in [0.15, 0.2) is 12.1 Å². The number of hydrogen-bond acceptors (Lipinski definition) is 7. The van der Waals surface area contributed by atoms with Crippen LogP contribution >= 0.6 is 11.8 Å². The summed E-state index contributed by atoms with van der Waals surface area (Å²) in [7, 11) is 0. The van der Waals surface area contributed by atoms with Crippen LogP contribution in [0.5, 0.6) is 0 Å². The van der Waals surface area contributed by atoms with Crippen LogP contribution in [0.25, 0.3) is 22.6 Å². The van der Waals surface area contributed by atoms with Gasteiger partial charge >= 0.3 is 0 Å². The summed E-state index contributed by atoms with van der Waals surface area (Å²) < 4.78 is 20.6. The number of hydrogen-bond donors (Lipinski definition) is 2. The van der Waals surface area contributed by atoms with Gasteiger partial charge in [-0.1, -0.05) is 223 Å². The van der Waals surface area contributed by atoms with Gasteiger partial charge in [-0.3, -0.25) is 4.79 Å². The van der Waals surface area contributed by atoms with Gasteiger partial charge in [0.2, 0.25) is 5.91 Å². The molecule has 0 saturated carbocycles. The molecule has 4 atom stereocenters. The van der Waals surface area contributed by atoms with Crippen LogP contribution in [0.2, 0.25) is 0 Å². The van der Waals surface area contributed by atoms with E-state index in [1.165, 1.54) is 82.4 Å². The number of aliphatic hydroxyl groups excluding tert-OH is 1. The zero-order valence-electron chi connectivity index (χ0n) is 36.8. The number of ether oxygens (including phenoxy) is 2. The fourth-order valence-corrected chi connectivity index (χ4v) is 9.42. The Hall–Kier alpha value is -4.99. The highest BCUT2D eigenvalue weighted by Gasteiger charge is 2.42. The summed E-state index contributed by atoms with van der Waals surface area (Å²) in [5.41, 5.74) is 7.20. The van der Waals surface area contributed by atoms with Crippen molar-refractivity contribution < 1.29 is 23.8 Å². The quantitative estimate of drug-likeness (QED) is 0.0462. The van der Waals surface area contributed by atoms with E-state index in [9.17, 15) is 9.90 Å². The van der Waals surface area contributed by atoms with Crippen LogP contribution in [-0.2, 0) is 20.9 Å². The molecule has 1 aliphatic rings. The molecule has 0 aliphatic carbocycles. The van der Waals surface area contributed by atoms with Gasteiger partial charge in [-0.05, 0) is 35.2 Å². The summed E-state index contributed by atoms with van der Waals surface area (Å²) in [6.45, 7) is 2.23. The molecule has 7 nitrogen and oxygen atoms in total. The van der Waals surface area contributed by atoms with Crippen molar-refractivity contribution in [2.45, 2.75) is 133 Å². The van der Waals surface area contributed by atoms with E-state index in [1.54, 1.807) is 0 Å². The number of aliphatic hydroxyl groups is 1. The van der Waals surface area contributed by atoms with Crippen molar-refractivity contribution in [3.63, 3.8) is 0 Å². The Morgan fingerprint density at radius 3 is 1.86 bits per heavy atom. The van der Waals surface area contributed by atoms with Gasteiger partial charge in [0.1, 0.15) is 5.69 Å². The number of amides is 1. The molecule has 0 spiro atoms. The summed E-state index contributed by atoms with van der Waals surface area (Å²) in [6, 6.07) is 46.4. The van der Waals surface area contributed by atoms with Gasteiger partial charge in [0, 0.05) is 40.5 Å². The molecule has 1 amide bonds. The number of benzene rings is 5. The minimum atomic E-state index is -0.722. The predicted molar refractivity (Wildman–Crippen MR) is 256 cm³/mol. The van der Waals surface area contributed by atoms with Crippen molar-refractivity contribution >= 4 is 23.4 Å². The number of anilines is 1. The maximum atomic E-state index is 13.2. The first-order chi connectivity index (χ1) is 31.1. The van der Waals surface area contributed by atoms with Crippen molar-refractivity contribution in [2.24, 2.45) is 0 Å². The molecule has 5 aromatic carbocycles. The zero-order valence-corrected chi connectivity index (χ0v) is 37.7. The first kappa shape index (κ1) is 46.0. The zero-order chi connectivity index (χ0) is 43.5. The first-order valence-corrected chi connectivity index (χ1v) is 24.3. The topological polar surface area (TPSA) is 93.8 Å². The van der Waals surface area contributed by atoms with E-state index >= 15 is 0 Å². The van der Waals surface area contributed by atoms with Crippen LogP contribution in [0.3, 0.4) is 0 Å². The van der Waals surface area contributed by atoms with Crippen LogP contribution < -0.4 is 5.32 Å². The van der Waals surface area contributed by atoms with E-state index < -0.39 is 6.29 Å². The maximum Gasteiger partial charge on any atom is 0.256 e. The SMILES string of the molecule is CCCCCCCCCCCCCCCC(=O)Nc1cccc(C2O[C@H](CSc3nc(-c4ccccc4)c(-c4ccccc4)o3)[C@@H](c3ccccc3)[C@H](c3ccc(CO)cc3)O2)c1. The first-order valence-electron chi connectivity index (χ1n) is 23.3. The lowest BCUT2D eigenvalue weighted by molar-refractivity contribution is -0.255. The van der Waals surface area contributed by atoms with Gasteiger partial charge in [0.25, 0.3) is 5.22 Å². The molecule has 1 aromatic heterocycles. The van der Waals surface area contributed by atoms with Crippen LogP contribution in [-0.4, -0.2) is 27.9 Å². The van der Waals surface area contributed by atoms with Gasteiger partial charge in [-0.15, -0.1) is 0 Å². The number of nitrogens with zero attached hydrogens (tertiary/aromatic N) is 1. The Labute approximate surface area is 379 Å². The normalized spacial score (nSPS) is 17.4. The minimum Gasteiger partial charge on any atom is -0.431 e. The Kier molecular flexibility index (Phi) is 18.1. The molecule has 1 fully saturated rings. The second kappa shape index (κ2) is 24.7. The van der Waals surface area contributed by atoms with Gasteiger partial charge in [-0.2, -0.15) is 0 Å². The highest BCUT2D eigenvalue weighted by molar-refractivity contribution is 7.99. The monoisotopic (exact) mass is 864 g/mol. The number of carbonyl (C=O) groups is 1. The number of rotatable bonds is 24. The predicted octanol–water partition coefficient (Wildman–Crippen LogP) is 14.7. The number of oxazole rings is 1. The van der Waals surface area contributed by atoms with Crippen molar-refractivity contribution in [3.8, 4) is 22.6 Å². The average molecular weight is 865 g/mol. The van der Waals surface area contributed by atoms with Crippen LogP contribution in [0.15, 0.2) is 149 Å². The van der Waals surface area contributed by atoms with Gasteiger partial charge in [-0.25, -0.2) is 4.98 Å². The van der Waals surface area contributed by atoms with Crippen LogP contribution in [0.4, 0.5) is 5.69 Å². The van der Waals surface area contributed by atoms with Gasteiger partial charge < -0.3 is 24.3 Å². The molecule has 1 saturated heterocycles. The second-order valence-electron chi connectivity index (χ2n) is 16.8. The smallest absolute Gasteiger partial charge is 0.256 e. The van der Waals surface area contributed by atoms with Crippen molar-refractivity contribution in [1.82, 2.24) is 4.98 Å². The highest BCUT2D eigenvalue weighted by atomic mass is 32.2. The number of nitrogens with one attached hydrogen (secondary N) is 1. The molecule has 2 N–H and O–H groups in total. The lowest BCUT2D eigenvalue weighted by Gasteiger charge is -2.43. The third-order valence-corrected chi connectivity index (χ3v) is 12.9. The maximum absolute atomic E-state index is 13.2. The van der Waals surface area contributed by atoms with Crippen molar-refractivity contribution in [1.29, 1.82) is 0 Å². The third kappa shape index (κ3) is 13.5. The summed E-state index contributed by atoms with van der Waals surface area (Å²) in [5, 5.41) is 13.6. The number of carbonyl (C=O) groups excluding carboxylic acids is 1. The molecule has 0 bridgehead atoms. The largest absolute Gasteiger partial charge is 0.431 e. The molecular weight excluding hydrogens is 801 g/mol. The van der Waals surface area contributed by atoms with Crippen molar-refractivity contribution in [3.05, 3.63) is 162 Å². The standard InChI is InChI=1S/C55H64N2O5S/c1-2-3-4-5-6-7-8-9-10-11-12-13-23-33-49(59)56-47-32-24-31-46(38-47)54-60-48(50(42-25-17-14-18-26-42)52(61-54)45-36-34-41(39-58)35-37-45)40-63-55-57-51(43-27-19-15-20-28-43)53(62-55)44-29-21-16-22-30-44/h14-22,24-32,34-38,48,50,52,54,58H,2-13,23,33,39-40H2,1H3,(H,56,59)/t48-,50-,52+,54?/m1/s1.